The molecule has 0 aliphatic heterocycles. The standard InChI is InChI=1S/C21H16FN3O2S2/c1-27-17-8-4-13(5-9-17)18-12-29-21(24-18)25-19(26)10-16-11-28-20(23-16)14-2-6-15(22)7-3-14/h2-9,11-12H,10H2,1H3,(H,24,25,26). The van der Waals surface area contributed by atoms with Crippen LogP contribution in [0.3, 0.4) is 0 Å². The minimum atomic E-state index is -0.289. The Balaban J connectivity index is 1.39. The molecule has 146 valence electrons. The second-order valence-corrected chi connectivity index (χ2v) is 7.86. The van der Waals surface area contributed by atoms with Crippen LogP contribution < -0.4 is 10.1 Å². The van der Waals surface area contributed by atoms with Crippen LogP contribution in [0.1, 0.15) is 5.69 Å². The summed E-state index contributed by atoms with van der Waals surface area (Å²) in [6, 6.07) is 13.7. The van der Waals surface area contributed by atoms with Crippen molar-refractivity contribution >= 4 is 33.7 Å². The predicted octanol–water partition coefficient (Wildman–Crippen LogP) is 5.26. The smallest absolute Gasteiger partial charge is 0.232 e. The van der Waals surface area contributed by atoms with E-state index in [2.05, 4.69) is 15.3 Å². The molecule has 2 aromatic carbocycles. The number of carbonyl (C=O) groups is 1. The molecule has 0 aliphatic carbocycles. The zero-order valence-corrected chi connectivity index (χ0v) is 17.0. The van der Waals surface area contributed by atoms with E-state index in [1.165, 1.54) is 34.8 Å². The summed E-state index contributed by atoms with van der Waals surface area (Å²) in [7, 11) is 1.62. The van der Waals surface area contributed by atoms with Gasteiger partial charge < -0.3 is 10.1 Å². The minimum Gasteiger partial charge on any atom is -0.497 e. The Morgan fingerprint density at radius 2 is 1.72 bits per heavy atom. The molecule has 4 aromatic rings. The van der Waals surface area contributed by atoms with Crippen LogP contribution in [0.15, 0.2) is 59.3 Å². The quantitative estimate of drug-likeness (QED) is 0.458. The van der Waals surface area contributed by atoms with Crippen molar-refractivity contribution in [3.8, 4) is 27.6 Å². The highest BCUT2D eigenvalue weighted by atomic mass is 32.1. The Bertz CT molecular complexity index is 1120. The lowest BCUT2D eigenvalue weighted by Crippen LogP contribution is -2.14. The van der Waals surface area contributed by atoms with Crippen molar-refractivity contribution in [3.63, 3.8) is 0 Å². The van der Waals surface area contributed by atoms with Crippen LogP contribution in [0.2, 0.25) is 0 Å². The number of carbonyl (C=O) groups excluding carboxylic acids is 1. The molecule has 0 atom stereocenters. The van der Waals surface area contributed by atoms with E-state index in [0.29, 0.717) is 10.8 Å². The third-order valence-corrected chi connectivity index (χ3v) is 5.82. The topological polar surface area (TPSA) is 64.1 Å². The Morgan fingerprint density at radius 3 is 2.45 bits per heavy atom. The molecule has 0 radical (unpaired) electrons. The first-order valence-corrected chi connectivity index (χ1v) is 10.5. The Labute approximate surface area is 174 Å². The second-order valence-electron chi connectivity index (χ2n) is 6.14. The average Bonchev–Trinajstić information content (AvgIpc) is 3.38. The number of nitrogens with zero attached hydrogens (tertiary/aromatic N) is 2. The first-order valence-electron chi connectivity index (χ1n) is 8.71. The van der Waals surface area contributed by atoms with Crippen molar-refractivity contribution < 1.29 is 13.9 Å². The van der Waals surface area contributed by atoms with Crippen LogP contribution in [-0.4, -0.2) is 23.0 Å². The summed E-state index contributed by atoms with van der Waals surface area (Å²) in [5, 5.41) is 7.84. The fourth-order valence-electron chi connectivity index (χ4n) is 2.67. The summed E-state index contributed by atoms with van der Waals surface area (Å²) < 4.78 is 18.2. The highest BCUT2D eigenvalue weighted by Crippen LogP contribution is 2.27. The van der Waals surface area contributed by atoms with Gasteiger partial charge in [0.1, 0.15) is 16.6 Å². The monoisotopic (exact) mass is 425 g/mol. The molecule has 1 N–H and O–H groups in total. The summed E-state index contributed by atoms with van der Waals surface area (Å²) in [6.07, 6.45) is 0.148. The number of ether oxygens (including phenoxy) is 1. The van der Waals surface area contributed by atoms with Crippen molar-refractivity contribution in [2.75, 3.05) is 12.4 Å². The average molecular weight is 426 g/mol. The molecule has 1 amide bonds. The highest BCUT2D eigenvalue weighted by Gasteiger charge is 2.12. The molecule has 0 bridgehead atoms. The van der Waals surface area contributed by atoms with Gasteiger partial charge in [-0.1, -0.05) is 0 Å². The van der Waals surface area contributed by atoms with Crippen LogP contribution in [-0.2, 0) is 11.2 Å². The van der Waals surface area contributed by atoms with Gasteiger partial charge in [-0.25, -0.2) is 14.4 Å². The van der Waals surface area contributed by atoms with E-state index in [1.807, 2.05) is 35.0 Å². The molecule has 0 spiro atoms. The van der Waals surface area contributed by atoms with Crippen molar-refractivity contribution in [2.45, 2.75) is 6.42 Å². The Morgan fingerprint density at radius 1 is 1.00 bits per heavy atom. The molecule has 2 heterocycles. The van der Waals surface area contributed by atoms with Crippen molar-refractivity contribution in [3.05, 3.63) is 70.8 Å². The van der Waals surface area contributed by atoms with E-state index in [0.717, 1.165) is 27.6 Å². The molecule has 5 nitrogen and oxygen atoms in total. The number of nitrogens with one attached hydrogen (secondary N) is 1. The normalized spacial score (nSPS) is 10.7. The number of amides is 1. The lowest BCUT2D eigenvalue weighted by molar-refractivity contribution is -0.115. The second kappa shape index (κ2) is 8.50. The fraction of sp³-hybridized carbons (Fsp3) is 0.0952. The fourth-order valence-corrected chi connectivity index (χ4v) is 4.23. The lowest BCUT2D eigenvalue weighted by Gasteiger charge is -2.01. The summed E-state index contributed by atoms with van der Waals surface area (Å²) in [5.74, 6) is 0.305. The maximum absolute atomic E-state index is 13.1. The molecule has 8 heteroatoms. The van der Waals surface area contributed by atoms with Gasteiger partial charge in [0.2, 0.25) is 5.91 Å². The number of rotatable bonds is 6. The van der Waals surface area contributed by atoms with E-state index in [1.54, 1.807) is 19.2 Å². The predicted molar refractivity (Wildman–Crippen MR) is 114 cm³/mol. The minimum absolute atomic E-state index is 0.148. The molecule has 0 aliphatic rings. The molecule has 4 rings (SSSR count). The van der Waals surface area contributed by atoms with Crippen LogP contribution in [0.4, 0.5) is 9.52 Å². The number of benzene rings is 2. The summed E-state index contributed by atoms with van der Waals surface area (Å²) in [4.78, 5) is 21.3. The molecule has 29 heavy (non-hydrogen) atoms. The van der Waals surface area contributed by atoms with E-state index in [4.69, 9.17) is 4.74 Å². The lowest BCUT2D eigenvalue weighted by atomic mass is 10.2. The molecule has 0 unspecified atom stereocenters. The van der Waals surface area contributed by atoms with Crippen LogP contribution >= 0.6 is 22.7 Å². The van der Waals surface area contributed by atoms with Gasteiger partial charge >= 0.3 is 0 Å². The maximum Gasteiger partial charge on any atom is 0.232 e. The largest absolute Gasteiger partial charge is 0.497 e. The number of halogens is 1. The van der Waals surface area contributed by atoms with Crippen LogP contribution in [0, 0.1) is 5.82 Å². The van der Waals surface area contributed by atoms with E-state index in [9.17, 15) is 9.18 Å². The number of thiazole rings is 2. The molecule has 0 fully saturated rings. The number of anilines is 1. The summed E-state index contributed by atoms with van der Waals surface area (Å²) in [6.45, 7) is 0. The summed E-state index contributed by atoms with van der Waals surface area (Å²) in [5.41, 5.74) is 3.23. The number of aromatic nitrogens is 2. The van der Waals surface area contributed by atoms with Crippen molar-refractivity contribution in [2.24, 2.45) is 0 Å². The zero-order valence-electron chi connectivity index (χ0n) is 15.4. The van der Waals surface area contributed by atoms with Crippen LogP contribution in [0.5, 0.6) is 5.75 Å². The highest BCUT2D eigenvalue weighted by molar-refractivity contribution is 7.14. The summed E-state index contributed by atoms with van der Waals surface area (Å²) >= 11 is 2.79. The van der Waals surface area contributed by atoms with Gasteiger partial charge in [-0.3, -0.25) is 4.79 Å². The first-order chi connectivity index (χ1) is 14.1. The zero-order chi connectivity index (χ0) is 20.2. The maximum atomic E-state index is 13.1. The Kier molecular flexibility index (Phi) is 5.64. The van der Waals surface area contributed by atoms with Gasteiger partial charge in [0.25, 0.3) is 0 Å². The van der Waals surface area contributed by atoms with Crippen molar-refractivity contribution in [1.82, 2.24) is 9.97 Å². The van der Waals surface area contributed by atoms with Gasteiger partial charge in [-0.05, 0) is 48.5 Å². The van der Waals surface area contributed by atoms with Gasteiger partial charge in [0.05, 0.1) is 24.9 Å². The molecular weight excluding hydrogens is 409 g/mol. The van der Waals surface area contributed by atoms with Gasteiger partial charge in [0.15, 0.2) is 5.13 Å². The van der Waals surface area contributed by atoms with E-state index >= 15 is 0 Å². The van der Waals surface area contributed by atoms with Crippen molar-refractivity contribution in [1.29, 1.82) is 0 Å². The number of hydrogen-bond acceptors (Lipinski definition) is 6. The molecular formula is C21H16FN3O2S2. The SMILES string of the molecule is COc1ccc(-c2csc(NC(=O)Cc3csc(-c4ccc(F)cc4)n3)n2)cc1. The number of hydrogen-bond donors (Lipinski definition) is 1. The Hall–Kier alpha value is -3.10. The molecule has 0 saturated heterocycles. The molecule has 0 saturated carbocycles. The third kappa shape index (κ3) is 4.67. The third-order valence-electron chi connectivity index (χ3n) is 4.12. The number of methoxy groups -OCH3 is 1. The van der Waals surface area contributed by atoms with E-state index in [-0.39, 0.29) is 18.1 Å². The van der Waals surface area contributed by atoms with Gasteiger partial charge in [-0.15, -0.1) is 22.7 Å². The van der Waals surface area contributed by atoms with Gasteiger partial charge in [0, 0.05) is 21.9 Å². The first kappa shape index (κ1) is 19.2. The van der Waals surface area contributed by atoms with Crippen LogP contribution in [0.25, 0.3) is 21.8 Å². The molecule has 2 aromatic heterocycles. The van der Waals surface area contributed by atoms with E-state index < -0.39 is 0 Å². The van der Waals surface area contributed by atoms with Gasteiger partial charge in [-0.2, -0.15) is 0 Å².